The zero-order chi connectivity index (χ0) is 19.1. The summed E-state index contributed by atoms with van der Waals surface area (Å²) in [7, 11) is 0. The van der Waals surface area contributed by atoms with Crippen LogP contribution in [0.15, 0.2) is 24.3 Å². The minimum absolute atomic E-state index is 0.0326. The highest BCUT2D eigenvalue weighted by Crippen LogP contribution is 2.33. The largest absolute Gasteiger partial charge is 0.486 e. The molecule has 7 heteroatoms. The zero-order valence-electron chi connectivity index (χ0n) is 16.1. The molecule has 2 atom stereocenters. The number of nitrogens with zero attached hydrogens (tertiary/aromatic N) is 3. The summed E-state index contributed by atoms with van der Waals surface area (Å²) in [5, 5.41) is 0. The molecule has 0 spiro atoms. The number of benzene rings is 1. The third-order valence-electron chi connectivity index (χ3n) is 6.12. The first-order valence-corrected chi connectivity index (χ1v) is 10.4. The van der Waals surface area contributed by atoms with Crippen molar-refractivity contribution < 1.29 is 19.1 Å². The molecule has 2 unspecified atom stereocenters. The van der Waals surface area contributed by atoms with Gasteiger partial charge in [-0.2, -0.15) is 0 Å². The molecule has 1 aliphatic carbocycles. The van der Waals surface area contributed by atoms with Crippen LogP contribution < -0.4 is 9.47 Å². The third kappa shape index (κ3) is 3.55. The molecular formula is C21H27N3O4. The average molecular weight is 385 g/mol. The van der Waals surface area contributed by atoms with Gasteiger partial charge in [0.25, 0.3) is 5.91 Å². The lowest BCUT2D eigenvalue weighted by atomic mass is 10.0. The number of likely N-dealkylation sites (tertiary alicyclic amines) is 1. The Morgan fingerprint density at radius 2 is 1.86 bits per heavy atom. The Morgan fingerprint density at radius 1 is 1.04 bits per heavy atom. The van der Waals surface area contributed by atoms with Crippen LogP contribution >= 0.6 is 0 Å². The lowest BCUT2D eigenvalue weighted by molar-refractivity contribution is -0.127. The smallest absolute Gasteiger partial charge is 0.327 e. The predicted molar refractivity (Wildman–Crippen MR) is 102 cm³/mol. The van der Waals surface area contributed by atoms with Crippen LogP contribution in [0.25, 0.3) is 0 Å². The first-order valence-electron chi connectivity index (χ1n) is 10.4. The molecule has 0 bridgehead atoms. The molecule has 7 nitrogen and oxygen atoms in total. The topological polar surface area (TPSA) is 62.3 Å². The molecule has 3 fully saturated rings. The molecule has 0 aromatic heterocycles. The van der Waals surface area contributed by atoms with E-state index in [2.05, 4.69) is 4.90 Å². The molecule has 4 aliphatic rings. The lowest BCUT2D eigenvalue weighted by Crippen LogP contribution is -2.53. The Hall–Kier alpha value is -2.28. The fourth-order valence-electron chi connectivity index (χ4n) is 4.53. The van der Waals surface area contributed by atoms with Crippen molar-refractivity contribution in [2.75, 3.05) is 39.3 Å². The van der Waals surface area contributed by atoms with E-state index in [0.29, 0.717) is 12.5 Å². The van der Waals surface area contributed by atoms with Crippen molar-refractivity contribution in [3.05, 3.63) is 24.3 Å². The second-order valence-electron chi connectivity index (χ2n) is 8.42. The summed E-state index contributed by atoms with van der Waals surface area (Å²) in [5.74, 6) is 2.14. The number of hydrogen-bond acceptors (Lipinski definition) is 5. The maximum Gasteiger partial charge on any atom is 0.327 e. The van der Waals surface area contributed by atoms with Crippen molar-refractivity contribution in [2.24, 2.45) is 5.92 Å². The number of para-hydroxylation sites is 2. The van der Waals surface area contributed by atoms with E-state index in [9.17, 15) is 9.59 Å². The van der Waals surface area contributed by atoms with Crippen LogP contribution in [0.3, 0.4) is 0 Å². The summed E-state index contributed by atoms with van der Waals surface area (Å²) in [6.07, 6.45) is 4.19. The van der Waals surface area contributed by atoms with E-state index in [-0.39, 0.29) is 30.6 Å². The summed E-state index contributed by atoms with van der Waals surface area (Å²) in [4.78, 5) is 30.9. The van der Waals surface area contributed by atoms with Gasteiger partial charge in [-0.25, -0.2) is 4.79 Å². The van der Waals surface area contributed by atoms with Crippen LogP contribution in [0.4, 0.5) is 4.79 Å². The maximum absolute atomic E-state index is 12.8. The number of piperidine rings is 1. The molecule has 28 heavy (non-hydrogen) atoms. The highest BCUT2D eigenvalue weighted by molar-refractivity contribution is 6.02. The van der Waals surface area contributed by atoms with Crippen LogP contribution in [0.1, 0.15) is 25.7 Å². The minimum Gasteiger partial charge on any atom is -0.486 e. The van der Waals surface area contributed by atoms with Crippen LogP contribution in [0, 0.1) is 5.92 Å². The van der Waals surface area contributed by atoms with Crippen LogP contribution in [0.2, 0.25) is 0 Å². The minimum atomic E-state index is -0.0880. The number of carbonyl (C=O) groups excluding carboxylic acids is 2. The first kappa shape index (κ1) is 17.8. The van der Waals surface area contributed by atoms with Crippen molar-refractivity contribution >= 4 is 11.9 Å². The van der Waals surface area contributed by atoms with E-state index in [1.807, 2.05) is 24.3 Å². The number of hydrogen-bond donors (Lipinski definition) is 0. The second kappa shape index (κ2) is 7.28. The lowest BCUT2D eigenvalue weighted by Gasteiger charge is -2.38. The van der Waals surface area contributed by atoms with Gasteiger partial charge in [0.2, 0.25) is 0 Å². The van der Waals surface area contributed by atoms with Crippen molar-refractivity contribution in [3.8, 4) is 11.5 Å². The van der Waals surface area contributed by atoms with Gasteiger partial charge >= 0.3 is 6.03 Å². The fraction of sp³-hybridized carbons (Fsp3) is 0.619. The summed E-state index contributed by atoms with van der Waals surface area (Å²) in [6, 6.07) is 7.61. The van der Waals surface area contributed by atoms with E-state index < -0.39 is 0 Å². The van der Waals surface area contributed by atoms with Crippen LogP contribution in [-0.4, -0.2) is 78.1 Å². The fourth-order valence-corrected chi connectivity index (χ4v) is 4.53. The van der Waals surface area contributed by atoms with E-state index in [1.165, 1.54) is 17.7 Å². The molecule has 1 aromatic carbocycles. The SMILES string of the molecule is O=C1CN(CC2CC2)C(=O)N1C1CCCN(CC2COc3ccccc3O2)C1. The summed E-state index contributed by atoms with van der Waals surface area (Å²) >= 11 is 0. The van der Waals surface area contributed by atoms with Gasteiger partial charge in [-0.1, -0.05) is 12.1 Å². The van der Waals surface area contributed by atoms with Gasteiger partial charge < -0.3 is 14.4 Å². The number of urea groups is 1. The van der Waals surface area contributed by atoms with E-state index in [4.69, 9.17) is 9.47 Å². The standard InChI is InChI=1S/C21H27N3O4/c25-20-13-23(10-15-7-8-15)21(26)24(20)16-4-3-9-22(11-16)12-17-14-27-18-5-1-2-6-19(18)28-17/h1-2,5-6,15-17H,3-4,7-14H2. The average Bonchev–Trinajstić information content (AvgIpc) is 3.47. The van der Waals surface area contributed by atoms with E-state index in [1.54, 1.807) is 4.90 Å². The number of rotatable bonds is 5. The maximum atomic E-state index is 12.8. The van der Waals surface area contributed by atoms with Gasteiger partial charge in [0, 0.05) is 19.6 Å². The Kier molecular flexibility index (Phi) is 4.62. The van der Waals surface area contributed by atoms with Crippen molar-refractivity contribution in [3.63, 3.8) is 0 Å². The molecule has 3 heterocycles. The molecule has 0 radical (unpaired) electrons. The second-order valence-corrected chi connectivity index (χ2v) is 8.42. The van der Waals surface area contributed by atoms with Gasteiger partial charge in [-0.3, -0.25) is 14.6 Å². The number of ether oxygens (including phenoxy) is 2. The molecule has 0 N–H and O–H groups in total. The monoisotopic (exact) mass is 385 g/mol. The number of fused-ring (bicyclic) bond motifs is 1. The molecule has 3 aliphatic heterocycles. The van der Waals surface area contributed by atoms with Crippen molar-refractivity contribution in [1.29, 1.82) is 0 Å². The van der Waals surface area contributed by atoms with Gasteiger partial charge in [0.15, 0.2) is 11.5 Å². The molecule has 5 rings (SSSR count). The quantitative estimate of drug-likeness (QED) is 0.725. The molecule has 1 aromatic rings. The Labute approximate surface area is 165 Å². The van der Waals surface area contributed by atoms with Gasteiger partial charge in [-0.05, 0) is 50.3 Å². The molecule has 1 saturated carbocycles. The van der Waals surface area contributed by atoms with Crippen LogP contribution in [0.5, 0.6) is 11.5 Å². The Bertz CT molecular complexity index is 766. The van der Waals surface area contributed by atoms with E-state index >= 15 is 0 Å². The predicted octanol–water partition coefficient (Wildman–Crippen LogP) is 1.97. The van der Waals surface area contributed by atoms with Crippen LogP contribution in [-0.2, 0) is 4.79 Å². The highest BCUT2D eigenvalue weighted by atomic mass is 16.6. The number of carbonyl (C=O) groups is 2. The molecule has 150 valence electrons. The van der Waals surface area contributed by atoms with E-state index in [0.717, 1.165) is 50.5 Å². The van der Waals surface area contributed by atoms with Crippen molar-refractivity contribution in [2.45, 2.75) is 37.8 Å². The Morgan fingerprint density at radius 3 is 2.68 bits per heavy atom. The highest BCUT2D eigenvalue weighted by Gasteiger charge is 2.43. The number of amides is 3. The van der Waals surface area contributed by atoms with Gasteiger partial charge in [0.05, 0.1) is 6.04 Å². The summed E-state index contributed by atoms with van der Waals surface area (Å²) in [6.45, 7) is 3.93. The van der Waals surface area contributed by atoms with Gasteiger partial charge in [0.1, 0.15) is 19.3 Å². The molecule has 3 amide bonds. The molecule has 2 saturated heterocycles. The van der Waals surface area contributed by atoms with Gasteiger partial charge in [-0.15, -0.1) is 0 Å². The van der Waals surface area contributed by atoms with Crippen molar-refractivity contribution in [1.82, 2.24) is 14.7 Å². The number of imide groups is 1. The third-order valence-corrected chi connectivity index (χ3v) is 6.12. The zero-order valence-corrected chi connectivity index (χ0v) is 16.1. The summed E-state index contributed by atoms with van der Waals surface area (Å²) in [5.41, 5.74) is 0. The molecular weight excluding hydrogens is 358 g/mol. The summed E-state index contributed by atoms with van der Waals surface area (Å²) < 4.78 is 11.9. The first-order chi connectivity index (χ1) is 13.7. The normalized spacial score (nSPS) is 28.1. The Balaban J connectivity index is 1.19.